The molecule has 1 saturated heterocycles. The Bertz CT molecular complexity index is 727. The number of amides is 2. The van der Waals surface area contributed by atoms with Gasteiger partial charge >= 0.3 is 0 Å². The fourth-order valence-electron chi connectivity index (χ4n) is 2.25. The lowest BCUT2D eigenvalue weighted by molar-refractivity contribution is -0.120. The molecule has 7 nitrogen and oxygen atoms in total. The lowest BCUT2D eigenvalue weighted by Crippen LogP contribution is -2.48. The van der Waals surface area contributed by atoms with Crippen molar-refractivity contribution in [3.8, 4) is 0 Å². The van der Waals surface area contributed by atoms with Gasteiger partial charge in [-0.15, -0.1) is 0 Å². The van der Waals surface area contributed by atoms with Crippen LogP contribution in [0.2, 0.25) is 5.02 Å². The fourth-order valence-corrected chi connectivity index (χ4v) is 2.48. The first kappa shape index (κ1) is 16.5. The molecule has 1 fully saturated rings. The van der Waals surface area contributed by atoms with E-state index >= 15 is 0 Å². The fraction of sp³-hybridized carbons (Fsp3) is 0.250. The molecule has 0 aliphatic carbocycles. The largest absolute Gasteiger partial charge is 0.459 e. The highest BCUT2D eigenvalue weighted by molar-refractivity contribution is 6.34. The van der Waals surface area contributed by atoms with Crippen LogP contribution in [0.3, 0.4) is 0 Å². The van der Waals surface area contributed by atoms with Gasteiger partial charge in [-0.25, -0.2) is 0 Å². The lowest BCUT2D eigenvalue weighted by atomic mass is 10.2. The number of halogens is 1. The van der Waals surface area contributed by atoms with E-state index in [2.05, 4.69) is 16.0 Å². The van der Waals surface area contributed by atoms with Crippen molar-refractivity contribution in [2.45, 2.75) is 6.04 Å². The summed E-state index contributed by atoms with van der Waals surface area (Å²) >= 11 is 6.17. The SMILES string of the molecule is O=C(Nc1ccc(NC(=O)C2COCCN2)cc1Cl)c1ccco1. The van der Waals surface area contributed by atoms with Crippen molar-refractivity contribution in [3.63, 3.8) is 0 Å². The van der Waals surface area contributed by atoms with Crippen molar-refractivity contribution in [2.24, 2.45) is 0 Å². The highest BCUT2D eigenvalue weighted by Crippen LogP contribution is 2.26. The van der Waals surface area contributed by atoms with Crippen LogP contribution in [0.15, 0.2) is 41.0 Å². The molecule has 1 aromatic carbocycles. The van der Waals surface area contributed by atoms with Gasteiger partial charge in [0.05, 0.1) is 30.2 Å². The minimum absolute atomic E-state index is 0.187. The summed E-state index contributed by atoms with van der Waals surface area (Å²) in [5.41, 5.74) is 0.962. The molecule has 0 spiro atoms. The Labute approximate surface area is 143 Å². The van der Waals surface area contributed by atoms with E-state index in [1.165, 1.54) is 6.26 Å². The van der Waals surface area contributed by atoms with Crippen LogP contribution in [0, 0.1) is 0 Å². The number of anilines is 2. The molecule has 0 saturated carbocycles. The Kier molecular flexibility index (Phi) is 5.14. The molecule has 1 atom stereocenters. The van der Waals surface area contributed by atoms with E-state index in [4.69, 9.17) is 20.8 Å². The summed E-state index contributed by atoms with van der Waals surface area (Å²) in [7, 11) is 0. The highest BCUT2D eigenvalue weighted by atomic mass is 35.5. The van der Waals surface area contributed by atoms with Gasteiger partial charge in [-0.2, -0.15) is 0 Å². The van der Waals surface area contributed by atoms with Crippen molar-refractivity contribution in [3.05, 3.63) is 47.4 Å². The molecule has 1 unspecified atom stereocenters. The van der Waals surface area contributed by atoms with Gasteiger partial charge in [0.25, 0.3) is 5.91 Å². The second-order valence-electron chi connectivity index (χ2n) is 5.20. The number of benzene rings is 1. The predicted octanol–water partition coefficient (Wildman–Crippen LogP) is 2.11. The van der Waals surface area contributed by atoms with Crippen molar-refractivity contribution < 1.29 is 18.7 Å². The smallest absolute Gasteiger partial charge is 0.291 e. The minimum Gasteiger partial charge on any atom is -0.459 e. The van der Waals surface area contributed by atoms with Crippen LogP contribution in [0.1, 0.15) is 10.6 Å². The van der Waals surface area contributed by atoms with Crippen molar-refractivity contribution in [1.82, 2.24) is 5.32 Å². The van der Waals surface area contributed by atoms with Crippen molar-refractivity contribution in [1.29, 1.82) is 0 Å². The van der Waals surface area contributed by atoms with Gasteiger partial charge in [0.2, 0.25) is 5.91 Å². The van der Waals surface area contributed by atoms with E-state index in [-0.39, 0.29) is 11.7 Å². The average molecular weight is 350 g/mol. The third-order valence-electron chi connectivity index (χ3n) is 3.47. The Morgan fingerprint density at radius 1 is 1.25 bits per heavy atom. The normalized spacial score (nSPS) is 17.3. The molecule has 8 heteroatoms. The molecule has 2 aromatic rings. The molecule has 126 valence electrons. The van der Waals surface area contributed by atoms with Crippen LogP contribution in [0.5, 0.6) is 0 Å². The number of furan rings is 1. The standard InChI is InChI=1S/C16H16ClN3O4/c17-11-8-10(19-15(21)13-9-23-7-5-18-13)3-4-12(11)20-16(22)14-2-1-6-24-14/h1-4,6,8,13,18H,5,7,9H2,(H,19,21)(H,20,22). The molecular weight excluding hydrogens is 334 g/mol. The lowest BCUT2D eigenvalue weighted by Gasteiger charge is -2.23. The van der Waals surface area contributed by atoms with Gasteiger partial charge in [-0.3, -0.25) is 9.59 Å². The van der Waals surface area contributed by atoms with Gasteiger partial charge in [0.1, 0.15) is 6.04 Å². The summed E-state index contributed by atoms with van der Waals surface area (Å²) in [5, 5.41) is 8.79. The van der Waals surface area contributed by atoms with Gasteiger partial charge < -0.3 is 25.1 Å². The van der Waals surface area contributed by atoms with E-state index in [1.54, 1.807) is 30.3 Å². The van der Waals surface area contributed by atoms with Crippen LogP contribution >= 0.6 is 11.6 Å². The number of nitrogens with one attached hydrogen (secondary N) is 3. The van der Waals surface area contributed by atoms with E-state index in [0.29, 0.717) is 36.2 Å². The molecule has 0 radical (unpaired) electrons. The number of carbonyl (C=O) groups is 2. The number of hydrogen-bond donors (Lipinski definition) is 3. The van der Waals surface area contributed by atoms with Gasteiger partial charge in [-0.1, -0.05) is 11.6 Å². The summed E-state index contributed by atoms with van der Waals surface area (Å²) in [6.45, 7) is 1.56. The van der Waals surface area contributed by atoms with Crippen LogP contribution in [-0.2, 0) is 9.53 Å². The summed E-state index contributed by atoms with van der Waals surface area (Å²) in [6, 6.07) is 7.63. The summed E-state index contributed by atoms with van der Waals surface area (Å²) < 4.78 is 10.3. The molecule has 1 aliphatic heterocycles. The first-order chi connectivity index (χ1) is 11.6. The third-order valence-corrected chi connectivity index (χ3v) is 3.78. The summed E-state index contributed by atoms with van der Waals surface area (Å²) in [5.74, 6) is -0.410. The van der Waals surface area contributed by atoms with Crippen LogP contribution in [-0.4, -0.2) is 37.6 Å². The van der Waals surface area contributed by atoms with Crippen LogP contribution in [0.4, 0.5) is 11.4 Å². The van der Waals surface area contributed by atoms with Crippen LogP contribution in [0.25, 0.3) is 0 Å². The molecule has 0 bridgehead atoms. The molecule has 2 amide bonds. The zero-order chi connectivity index (χ0) is 16.9. The maximum Gasteiger partial charge on any atom is 0.291 e. The maximum atomic E-state index is 12.1. The zero-order valence-corrected chi connectivity index (χ0v) is 13.4. The van der Waals surface area contributed by atoms with E-state index in [1.807, 2.05) is 0 Å². The second kappa shape index (κ2) is 7.48. The van der Waals surface area contributed by atoms with E-state index in [9.17, 15) is 9.59 Å². The topological polar surface area (TPSA) is 92.6 Å². The maximum absolute atomic E-state index is 12.1. The summed E-state index contributed by atoms with van der Waals surface area (Å²) in [4.78, 5) is 24.1. The van der Waals surface area contributed by atoms with Crippen molar-refractivity contribution >= 4 is 34.8 Å². The molecule has 2 heterocycles. The number of morpholine rings is 1. The molecule has 24 heavy (non-hydrogen) atoms. The summed E-state index contributed by atoms with van der Waals surface area (Å²) in [6.07, 6.45) is 1.41. The number of rotatable bonds is 4. The monoisotopic (exact) mass is 349 g/mol. The Balaban J connectivity index is 1.63. The molecule has 1 aromatic heterocycles. The first-order valence-electron chi connectivity index (χ1n) is 7.40. The Morgan fingerprint density at radius 3 is 2.79 bits per heavy atom. The quantitative estimate of drug-likeness (QED) is 0.786. The number of carbonyl (C=O) groups excluding carboxylic acids is 2. The van der Waals surface area contributed by atoms with E-state index < -0.39 is 11.9 Å². The van der Waals surface area contributed by atoms with Gasteiger partial charge in [0.15, 0.2) is 5.76 Å². The first-order valence-corrected chi connectivity index (χ1v) is 7.77. The van der Waals surface area contributed by atoms with Crippen LogP contribution < -0.4 is 16.0 Å². The van der Waals surface area contributed by atoms with Gasteiger partial charge in [0, 0.05) is 12.2 Å². The average Bonchev–Trinajstić information content (AvgIpc) is 3.13. The van der Waals surface area contributed by atoms with E-state index in [0.717, 1.165) is 0 Å². The third kappa shape index (κ3) is 3.94. The Hall–Kier alpha value is -2.35. The highest BCUT2D eigenvalue weighted by Gasteiger charge is 2.21. The molecule has 3 rings (SSSR count). The second-order valence-corrected chi connectivity index (χ2v) is 5.60. The predicted molar refractivity (Wildman–Crippen MR) is 89.4 cm³/mol. The van der Waals surface area contributed by atoms with Gasteiger partial charge in [-0.05, 0) is 30.3 Å². The molecule has 1 aliphatic rings. The number of hydrogen-bond acceptors (Lipinski definition) is 5. The molecular formula is C16H16ClN3O4. The number of ether oxygens (including phenoxy) is 1. The minimum atomic E-state index is -0.401. The zero-order valence-electron chi connectivity index (χ0n) is 12.7. The van der Waals surface area contributed by atoms with Crippen molar-refractivity contribution in [2.75, 3.05) is 30.4 Å². The molecule has 3 N–H and O–H groups in total. The Morgan fingerprint density at radius 2 is 2.12 bits per heavy atom.